The number of likely N-dealkylation sites (tertiary alicyclic amines) is 1. The predicted octanol–water partition coefficient (Wildman–Crippen LogP) is 2.19. The third-order valence-corrected chi connectivity index (χ3v) is 3.44. The van der Waals surface area contributed by atoms with Crippen LogP contribution in [0.3, 0.4) is 0 Å². The molecule has 0 aromatic heterocycles. The zero-order chi connectivity index (χ0) is 15.6. The fraction of sp³-hybridized carbons (Fsp3) is 0.412. The van der Waals surface area contributed by atoms with Gasteiger partial charge in [0.05, 0.1) is 12.8 Å². The van der Waals surface area contributed by atoms with Gasteiger partial charge in [-0.3, -0.25) is 9.69 Å². The molecule has 1 aromatic carbocycles. The van der Waals surface area contributed by atoms with Crippen molar-refractivity contribution in [2.75, 3.05) is 26.2 Å². The van der Waals surface area contributed by atoms with Gasteiger partial charge < -0.3 is 4.74 Å². The second-order valence-corrected chi connectivity index (χ2v) is 5.30. The molecular formula is C17H23N3O2. The van der Waals surface area contributed by atoms with Gasteiger partial charge in [0.15, 0.2) is 0 Å². The van der Waals surface area contributed by atoms with E-state index in [1.54, 1.807) is 12.3 Å². The summed E-state index contributed by atoms with van der Waals surface area (Å²) in [4.78, 5) is 14.0. The first-order valence-electron chi connectivity index (χ1n) is 7.66. The second-order valence-electron chi connectivity index (χ2n) is 5.30. The first kappa shape index (κ1) is 16.2. The summed E-state index contributed by atoms with van der Waals surface area (Å²) in [6.07, 6.45) is 6.93. The summed E-state index contributed by atoms with van der Waals surface area (Å²) in [6, 6.07) is 7.52. The molecule has 1 aromatic rings. The number of rotatable bonds is 7. The highest BCUT2D eigenvalue weighted by atomic mass is 16.5. The van der Waals surface area contributed by atoms with Crippen LogP contribution in [0.25, 0.3) is 0 Å². The number of carbonyl (C=O) groups is 1. The van der Waals surface area contributed by atoms with Crippen molar-refractivity contribution in [2.45, 2.75) is 19.3 Å². The molecule has 0 atom stereocenters. The molecule has 118 valence electrons. The molecule has 22 heavy (non-hydrogen) atoms. The number of amides is 1. The minimum absolute atomic E-state index is 0.0720. The Hall–Kier alpha value is -2.14. The molecule has 1 heterocycles. The average Bonchev–Trinajstić information content (AvgIpc) is 2.54. The third-order valence-electron chi connectivity index (χ3n) is 3.44. The first-order chi connectivity index (χ1) is 10.8. The van der Waals surface area contributed by atoms with Crippen LogP contribution in [-0.4, -0.2) is 43.3 Å². The molecule has 1 N–H and O–H groups in total. The van der Waals surface area contributed by atoms with E-state index in [0.29, 0.717) is 13.2 Å². The highest BCUT2D eigenvalue weighted by Gasteiger charge is 2.12. The number of nitrogens with zero attached hydrogens (tertiary/aromatic N) is 2. The maximum absolute atomic E-state index is 11.8. The van der Waals surface area contributed by atoms with Gasteiger partial charge in [0.2, 0.25) is 0 Å². The summed E-state index contributed by atoms with van der Waals surface area (Å²) in [5, 5.41) is 4.00. The minimum atomic E-state index is -0.0720. The van der Waals surface area contributed by atoms with E-state index in [9.17, 15) is 4.79 Å². The number of nitrogens with one attached hydrogen (secondary N) is 1. The molecule has 0 aliphatic carbocycles. The van der Waals surface area contributed by atoms with E-state index >= 15 is 0 Å². The van der Waals surface area contributed by atoms with Gasteiger partial charge in [-0.05, 0) is 43.6 Å². The Morgan fingerprint density at radius 1 is 1.36 bits per heavy atom. The highest BCUT2D eigenvalue weighted by molar-refractivity contribution is 5.83. The number of hydrazone groups is 1. The van der Waals surface area contributed by atoms with Gasteiger partial charge in [0, 0.05) is 0 Å². The molecule has 2 rings (SSSR count). The summed E-state index contributed by atoms with van der Waals surface area (Å²) < 4.78 is 5.45. The number of carbonyl (C=O) groups excluding carboxylic acids is 1. The van der Waals surface area contributed by atoms with Gasteiger partial charge in [-0.15, -0.1) is 0 Å². The normalized spacial score (nSPS) is 15.6. The SMILES string of the molecule is C=CCOc1cccc(/C=N\NC(=O)CN2CCCCC2)c1. The van der Waals surface area contributed by atoms with E-state index in [-0.39, 0.29) is 5.91 Å². The Labute approximate surface area is 131 Å². The second kappa shape index (κ2) is 9.00. The Kier molecular flexibility index (Phi) is 6.64. The Balaban J connectivity index is 1.78. The van der Waals surface area contributed by atoms with Crippen molar-refractivity contribution < 1.29 is 9.53 Å². The summed E-state index contributed by atoms with van der Waals surface area (Å²) in [6.45, 7) is 6.49. The van der Waals surface area contributed by atoms with Crippen molar-refractivity contribution in [1.82, 2.24) is 10.3 Å². The lowest BCUT2D eigenvalue weighted by molar-refractivity contribution is -0.122. The van der Waals surface area contributed by atoms with Crippen molar-refractivity contribution in [3.8, 4) is 5.75 Å². The lowest BCUT2D eigenvalue weighted by Crippen LogP contribution is -2.38. The standard InChI is InChI=1S/C17H23N3O2/c1-2-11-22-16-8-6-7-15(12-16)13-18-19-17(21)14-20-9-4-3-5-10-20/h2,6-8,12-13H,1,3-5,9-11,14H2,(H,19,21)/b18-13-. The van der Waals surface area contributed by atoms with Crippen LogP contribution in [0, 0.1) is 0 Å². The van der Waals surface area contributed by atoms with Crippen molar-refractivity contribution in [3.05, 3.63) is 42.5 Å². The van der Waals surface area contributed by atoms with Gasteiger partial charge in [-0.25, -0.2) is 5.43 Å². The number of benzene rings is 1. The molecule has 1 saturated heterocycles. The molecule has 1 amide bonds. The van der Waals surface area contributed by atoms with Crippen molar-refractivity contribution in [1.29, 1.82) is 0 Å². The van der Waals surface area contributed by atoms with E-state index in [0.717, 1.165) is 24.4 Å². The van der Waals surface area contributed by atoms with Crippen LogP contribution in [0.2, 0.25) is 0 Å². The van der Waals surface area contributed by atoms with Crippen molar-refractivity contribution in [3.63, 3.8) is 0 Å². The predicted molar refractivity (Wildman–Crippen MR) is 88.2 cm³/mol. The van der Waals surface area contributed by atoms with Crippen LogP contribution in [0.4, 0.5) is 0 Å². The number of piperidine rings is 1. The largest absolute Gasteiger partial charge is 0.490 e. The maximum Gasteiger partial charge on any atom is 0.254 e. The zero-order valence-electron chi connectivity index (χ0n) is 12.8. The van der Waals surface area contributed by atoms with Crippen molar-refractivity contribution in [2.24, 2.45) is 5.10 Å². The van der Waals surface area contributed by atoms with Crippen molar-refractivity contribution >= 4 is 12.1 Å². The Morgan fingerprint density at radius 2 is 2.18 bits per heavy atom. The lowest BCUT2D eigenvalue weighted by Gasteiger charge is -2.25. The first-order valence-corrected chi connectivity index (χ1v) is 7.66. The molecule has 1 aliphatic heterocycles. The smallest absolute Gasteiger partial charge is 0.254 e. The number of hydrogen-bond acceptors (Lipinski definition) is 4. The van der Waals surface area contributed by atoms with Crippen LogP contribution in [0.5, 0.6) is 5.75 Å². The fourth-order valence-electron chi connectivity index (χ4n) is 2.37. The molecule has 0 saturated carbocycles. The van der Waals surface area contributed by atoms with Crippen LogP contribution >= 0.6 is 0 Å². The van der Waals surface area contributed by atoms with E-state index in [1.165, 1.54) is 19.3 Å². The van der Waals surface area contributed by atoms with Gasteiger partial charge in [0.25, 0.3) is 5.91 Å². The van der Waals surface area contributed by atoms with E-state index in [2.05, 4.69) is 22.0 Å². The quantitative estimate of drug-likeness (QED) is 0.477. The monoisotopic (exact) mass is 301 g/mol. The molecule has 0 unspecified atom stereocenters. The van der Waals surface area contributed by atoms with Crippen LogP contribution < -0.4 is 10.2 Å². The zero-order valence-corrected chi connectivity index (χ0v) is 12.8. The van der Waals surface area contributed by atoms with Gasteiger partial charge >= 0.3 is 0 Å². The average molecular weight is 301 g/mol. The van der Waals surface area contributed by atoms with Crippen LogP contribution in [-0.2, 0) is 4.79 Å². The summed E-state index contributed by atoms with van der Waals surface area (Å²) in [5.74, 6) is 0.681. The van der Waals surface area contributed by atoms with E-state index in [4.69, 9.17) is 4.74 Å². The summed E-state index contributed by atoms with van der Waals surface area (Å²) in [5.41, 5.74) is 3.45. The maximum atomic E-state index is 11.8. The molecule has 1 aliphatic rings. The molecule has 5 heteroatoms. The summed E-state index contributed by atoms with van der Waals surface area (Å²) >= 11 is 0. The Morgan fingerprint density at radius 3 is 2.95 bits per heavy atom. The molecule has 1 fully saturated rings. The molecular weight excluding hydrogens is 278 g/mol. The van der Waals surface area contributed by atoms with E-state index < -0.39 is 0 Å². The van der Waals surface area contributed by atoms with Gasteiger partial charge in [-0.2, -0.15) is 5.10 Å². The van der Waals surface area contributed by atoms with Gasteiger partial charge in [-0.1, -0.05) is 31.2 Å². The lowest BCUT2D eigenvalue weighted by atomic mass is 10.1. The topological polar surface area (TPSA) is 53.9 Å². The van der Waals surface area contributed by atoms with Gasteiger partial charge in [0.1, 0.15) is 12.4 Å². The number of hydrogen-bond donors (Lipinski definition) is 1. The van der Waals surface area contributed by atoms with Crippen LogP contribution in [0.15, 0.2) is 42.0 Å². The van der Waals surface area contributed by atoms with Crippen LogP contribution in [0.1, 0.15) is 24.8 Å². The summed E-state index contributed by atoms with van der Waals surface area (Å²) in [7, 11) is 0. The van der Waals surface area contributed by atoms with E-state index in [1.807, 2.05) is 24.3 Å². The highest BCUT2D eigenvalue weighted by Crippen LogP contribution is 2.12. The molecule has 0 bridgehead atoms. The molecule has 0 radical (unpaired) electrons. The third kappa shape index (κ3) is 5.69. The molecule has 0 spiro atoms. The number of ether oxygens (including phenoxy) is 1. The Bertz CT molecular complexity index is 522. The minimum Gasteiger partial charge on any atom is -0.490 e. The molecule has 5 nitrogen and oxygen atoms in total. The fourth-order valence-corrected chi connectivity index (χ4v) is 2.37.